The molecule has 2 aromatic rings. The Labute approximate surface area is 146 Å². The van der Waals surface area contributed by atoms with Crippen LogP contribution in [-0.4, -0.2) is 82.6 Å². The van der Waals surface area contributed by atoms with Crippen LogP contribution in [0.3, 0.4) is 0 Å². The SMILES string of the molecule is CN(C)C(=O)C[C@H]1CN2C[C@@H](Nc3ncnc4[nH]ccc34)C[C@H]2CO1. The predicted molar refractivity (Wildman–Crippen MR) is 94.3 cm³/mol. The van der Waals surface area contributed by atoms with Gasteiger partial charge in [-0.3, -0.25) is 9.69 Å². The molecule has 0 saturated carbocycles. The number of fused-ring (bicyclic) bond motifs is 2. The molecule has 3 atom stereocenters. The minimum atomic E-state index is -0.0136. The van der Waals surface area contributed by atoms with E-state index in [0.717, 1.165) is 36.4 Å². The third-order valence-corrected chi connectivity index (χ3v) is 5.09. The van der Waals surface area contributed by atoms with E-state index in [9.17, 15) is 4.79 Å². The number of morpholine rings is 1. The monoisotopic (exact) mass is 344 g/mol. The summed E-state index contributed by atoms with van der Waals surface area (Å²) in [7, 11) is 3.57. The molecule has 8 nitrogen and oxygen atoms in total. The zero-order chi connectivity index (χ0) is 17.4. The topological polar surface area (TPSA) is 86.4 Å². The van der Waals surface area contributed by atoms with Gasteiger partial charge in [0.15, 0.2) is 0 Å². The van der Waals surface area contributed by atoms with Crippen LogP contribution in [-0.2, 0) is 9.53 Å². The summed E-state index contributed by atoms with van der Waals surface area (Å²) in [5, 5.41) is 4.57. The maximum absolute atomic E-state index is 11.9. The van der Waals surface area contributed by atoms with Crippen LogP contribution < -0.4 is 5.32 Å². The molecule has 1 amide bonds. The Morgan fingerprint density at radius 3 is 3.16 bits per heavy atom. The number of aromatic amines is 1. The molecule has 2 saturated heterocycles. The van der Waals surface area contributed by atoms with E-state index < -0.39 is 0 Å². The molecule has 0 bridgehead atoms. The van der Waals surface area contributed by atoms with Gasteiger partial charge < -0.3 is 19.9 Å². The standard InChI is InChI=1S/C17H24N6O2/c1-22(2)15(24)6-13-8-23-7-11(5-12(23)9-25-13)21-17-14-3-4-18-16(14)19-10-20-17/h3-4,10-13H,5-9H2,1-2H3,(H2,18,19,20,21)/t11-,12-,13-/m0/s1. The van der Waals surface area contributed by atoms with Gasteiger partial charge in [-0.05, 0) is 12.5 Å². The third kappa shape index (κ3) is 3.32. The number of rotatable bonds is 4. The fourth-order valence-electron chi connectivity index (χ4n) is 3.73. The average Bonchev–Trinajstić information content (AvgIpc) is 3.21. The highest BCUT2D eigenvalue weighted by atomic mass is 16.5. The van der Waals surface area contributed by atoms with Crippen molar-refractivity contribution in [3.8, 4) is 0 Å². The number of nitrogens with one attached hydrogen (secondary N) is 2. The summed E-state index contributed by atoms with van der Waals surface area (Å²) < 4.78 is 5.92. The van der Waals surface area contributed by atoms with Crippen LogP contribution in [0.15, 0.2) is 18.6 Å². The Balaban J connectivity index is 1.38. The summed E-state index contributed by atoms with van der Waals surface area (Å²) in [4.78, 5) is 27.7. The zero-order valence-corrected chi connectivity index (χ0v) is 14.6. The molecule has 4 heterocycles. The molecule has 2 N–H and O–H groups in total. The van der Waals surface area contributed by atoms with Gasteiger partial charge in [0.05, 0.1) is 24.5 Å². The first-order chi connectivity index (χ1) is 12.1. The molecular weight excluding hydrogens is 320 g/mol. The molecule has 0 spiro atoms. The van der Waals surface area contributed by atoms with E-state index in [1.54, 1.807) is 25.3 Å². The van der Waals surface area contributed by atoms with Crippen LogP contribution in [0, 0.1) is 0 Å². The number of H-pyrrole nitrogens is 1. The first kappa shape index (κ1) is 16.3. The molecule has 2 aliphatic heterocycles. The van der Waals surface area contributed by atoms with Gasteiger partial charge in [0.1, 0.15) is 17.8 Å². The third-order valence-electron chi connectivity index (χ3n) is 5.09. The molecule has 4 rings (SSSR count). The maximum Gasteiger partial charge on any atom is 0.224 e. The van der Waals surface area contributed by atoms with Crippen molar-refractivity contribution in [2.24, 2.45) is 0 Å². The molecule has 134 valence electrons. The number of ether oxygens (including phenoxy) is 1. The largest absolute Gasteiger partial charge is 0.375 e. The van der Waals surface area contributed by atoms with Gasteiger partial charge in [-0.1, -0.05) is 0 Å². The Hall–Kier alpha value is -2.19. The summed E-state index contributed by atoms with van der Waals surface area (Å²) in [6, 6.07) is 2.73. The van der Waals surface area contributed by atoms with E-state index in [4.69, 9.17) is 4.74 Å². The lowest BCUT2D eigenvalue weighted by Crippen LogP contribution is -2.47. The van der Waals surface area contributed by atoms with Crippen LogP contribution in [0.1, 0.15) is 12.8 Å². The van der Waals surface area contributed by atoms with Crippen molar-refractivity contribution < 1.29 is 9.53 Å². The second kappa shape index (κ2) is 6.61. The van der Waals surface area contributed by atoms with Crippen LogP contribution in [0.2, 0.25) is 0 Å². The first-order valence-corrected chi connectivity index (χ1v) is 8.70. The van der Waals surface area contributed by atoms with Crippen molar-refractivity contribution in [2.45, 2.75) is 31.0 Å². The van der Waals surface area contributed by atoms with E-state index in [1.807, 2.05) is 12.3 Å². The Kier molecular flexibility index (Phi) is 4.30. The molecule has 2 fully saturated rings. The highest BCUT2D eigenvalue weighted by Crippen LogP contribution is 2.27. The number of carbonyl (C=O) groups excluding carboxylic acids is 1. The molecule has 2 aromatic heterocycles. The minimum absolute atomic E-state index is 0.0136. The average molecular weight is 344 g/mol. The van der Waals surface area contributed by atoms with Crippen LogP contribution >= 0.6 is 0 Å². The number of nitrogens with zero attached hydrogens (tertiary/aromatic N) is 4. The highest BCUT2D eigenvalue weighted by molar-refractivity contribution is 5.86. The molecule has 0 radical (unpaired) electrons. The molecule has 0 aromatic carbocycles. The highest BCUT2D eigenvalue weighted by Gasteiger charge is 2.38. The van der Waals surface area contributed by atoms with Crippen molar-refractivity contribution >= 4 is 22.8 Å². The number of hydrogen-bond donors (Lipinski definition) is 2. The number of carbonyl (C=O) groups is 1. The van der Waals surface area contributed by atoms with Gasteiger partial charge in [-0.2, -0.15) is 0 Å². The van der Waals surface area contributed by atoms with Crippen molar-refractivity contribution in [3.63, 3.8) is 0 Å². The summed E-state index contributed by atoms with van der Waals surface area (Å²) >= 11 is 0. The van der Waals surface area contributed by atoms with Gasteiger partial charge in [0.2, 0.25) is 5.91 Å². The summed E-state index contributed by atoms with van der Waals surface area (Å²) in [5.74, 6) is 0.990. The molecule has 8 heteroatoms. The summed E-state index contributed by atoms with van der Waals surface area (Å²) in [6.07, 6.45) is 4.91. The van der Waals surface area contributed by atoms with E-state index >= 15 is 0 Å². The Bertz CT molecular complexity index is 760. The van der Waals surface area contributed by atoms with Crippen LogP contribution in [0.25, 0.3) is 11.0 Å². The van der Waals surface area contributed by atoms with Gasteiger partial charge in [-0.25, -0.2) is 9.97 Å². The van der Waals surface area contributed by atoms with E-state index in [1.165, 1.54) is 0 Å². The lowest BCUT2D eigenvalue weighted by Gasteiger charge is -2.35. The zero-order valence-electron chi connectivity index (χ0n) is 14.6. The van der Waals surface area contributed by atoms with E-state index in [0.29, 0.717) is 25.1 Å². The molecular formula is C17H24N6O2. The van der Waals surface area contributed by atoms with Gasteiger partial charge in [-0.15, -0.1) is 0 Å². The quantitative estimate of drug-likeness (QED) is 0.849. The minimum Gasteiger partial charge on any atom is -0.375 e. The lowest BCUT2D eigenvalue weighted by molar-refractivity contribution is -0.134. The first-order valence-electron chi connectivity index (χ1n) is 8.70. The fourth-order valence-corrected chi connectivity index (χ4v) is 3.73. The number of hydrogen-bond acceptors (Lipinski definition) is 6. The van der Waals surface area contributed by atoms with Crippen LogP contribution in [0.5, 0.6) is 0 Å². The molecule has 2 aliphatic rings. The molecule has 0 unspecified atom stereocenters. The van der Waals surface area contributed by atoms with Crippen LogP contribution in [0.4, 0.5) is 5.82 Å². The summed E-state index contributed by atoms with van der Waals surface area (Å²) in [6.45, 7) is 2.44. The lowest BCUT2D eigenvalue weighted by atomic mass is 10.1. The Morgan fingerprint density at radius 2 is 2.32 bits per heavy atom. The second-order valence-corrected chi connectivity index (χ2v) is 7.09. The second-order valence-electron chi connectivity index (χ2n) is 7.09. The smallest absolute Gasteiger partial charge is 0.224 e. The number of amides is 1. The van der Waals surface area contributed by atoms with Gasteiger partial charge in [0, 0.05) is 45.5 Å². The number of aromatic nitrogens is 3. The Morgan fingerprint density at radius 1 is 1.44 bits per heavy atom. The molecule has 0 aliphatic carbocycles. The number of anilines is 1. The van der Waals surface area contributed by atoms with Gasteiger partial charge >= 0.3 is 0 Å². The normalized spacial score (nSPS) is 26.6. The maximum atomic E-state index is 11.9. The van der Waals surface area contributed by atoms with Crippen molar-refractivity contribution in [1.29, 1.82) is 0 Å². The van der Waals surface area contributed by atoms with Crippen molar-refractivity contribution in [3.05, 3.63) is 18.6 Å². The molecule has 25 heavy (non-hydrogen) atoms. The van der Waals surface area contributed by atoms with Crippen molar-refractivity contribution in [2.75, 3.05) is 39.1 Å². The predicted octanol–water partition coefficient (Wildman–Crippen LogP) is 0.690. The fraction of sp³-hybridized carbons (Fsp3) is 0.588. The van der Waals surface area contributed by atoms with E-state index in [2.05, 4.69) is 25.2 Å². The summed E-state index contributed by atoms with van der Waals surface area (Å²) in [5.41, 5.74) is 0.846. The van der Waals surface area contributed by atoms with Crippen molar-refractivity contribution in [1.82, 2.24) is 24.8 Å². The van der Waals surface area contributed by atoms with E-state index in [-0.39, 0.29) is 12.0 Å². The van der Waals surface area contributed by atoms with Gasteiger partial charge in [0.25, 0.3) is 0 Å².